The van der Waals surface area contributed by atoms with Gasteiger partial charge in [-0.1, -0.05) is 19.3 Å². The summed E-state index contributed by atoms with van der Waals surface area (Å²) in [7, 11) is 0. The normalized spacial score (nSPS) is 18.8. The van der Waals surface area contributed by atoms with E-state index in [9.17, 15) is 0 Å². The van der Waals surface area contributed by atoms with Gasteiger partial charge in [-0.3, -0.25) is 0 Å². The van der Waals surface area contributed by atoms with Crippen molar-refractivity contribution in [3.63, 3.8) is 0 Å². The maximum absolute atomic E-state index is 5.90. The lowest BCUT2D eigenvalue weighted by Crippen LogP contribution is -2.22. The van der Waals surface area contributed by atoms with Crippen LogP contribution in [0.25, 0.3) is 0 Å². The maximum Gasteiger partial charge on any atom is 0.157 e. The van der Waals surface area contributed by atoms with Gasteiger partial charge >= 0.3 is 0 Å². The van der Waals surface area contributed by atoms with Crippen molar-refractivity contribution >= 4 is 0 Å². The molecular weight excluding hydrogens is 226 g/mol. The van der Waals surface area contributed by atoms with Crippen molar-refractivity contribution in [3.8, 4) is 0 Å². The molecule has 0 saturated heterocycles. The van der Waals surface area contributed by atoms with Gasteiger partial charge in [0.2, 0.25) is 0 Å². The van der Waals surface area contributed by atoms with Gasteiger partial charge in [-0.15, -0.1) is 0 Å². The van der Waals surface area contributed by atoms with Gasteiger partial charge < -0.3 is 10.5 Å². The highest BCUT2D eigenvalue weighted by molar-refractivity contribution is 5.05. The van der Waals surface area contributed by atoms with E-state index in [4.69, 9.17) is 10.5 Å². The summed E-state index contributed by atoms with van der Waals surface area (Å²) >= 11 is 0. The summed E-state index contributed by atoms with van der Waals surface area (Å²) in [4.78, 5) is 8.91. The zero-order valence-corrected chi connectivity index (χ0v) is 11.1. The minimum atomic E-state index is 0.0433. The molecule has 0 aliphatic heterocycles. The van der Waals surface area contributed by atoms with E-state index in [2.05, 4.69) is 9.97 Å². The lowest BCUT2D eigenvalue weighted by molar-refractivity contribution is -0.000324. The molecule has 1 saturated carbocycles. The molecule has 18 heavy (non-hydrogen) atoms. The molecule has 4 heteroatoms. The quantitative estimate of drug-likeness (QED) is 0.871. The molecule has 0 radical (unpaired) electrons. The molecule has 4 nitrogen and oxygen atoms in total. The highest BCUT2D eigenvalue weighted by atomic mass is 16.5. The lowest BCUT2D eigenvalue weighted by Gasteiger charge is -2.29. The summed E-state index contributed by atoms with van der Waals surface area (Å²) in [6, 6.07) is 1.87. The van der Waals surface area contributed by atoms with E-state index >= 15 is 0 Å². The molecule has 2 N–H and O–H groups in total. The number of rotatable bonds is 5. The number of ether oxygens (including phenoxy) is 1. The molecule has 100 valence electrons. The van der Waals surface area contributed by atoms with E-state index in [1.165, 1.54) is 32.1 Å². The minimum Gasteiger partial charge on any atom is -0.370 e. The van der Waals surface area contributed by atoms with Crippen molar-refractivity contribution in [2.75, 3.05) is 6.61 Å². The molecule has 1 atom stereocenters. The zero-order valence-electron chi connectivity index (χ0n) is 11.1. The summed E-state index contributed by atoms with van der Waals surface area (Å²) in [6.45, 7) is 3.19. The molecule has 1 aromatic rings. The van der Waals surface area contributed by atoms with Crippen molar-refractivity contribution < 1.29 is 4.74 Å². The van der Waals surface area contributed by atoms with Crippen molar-refractivity contribution in [3.05, 3.63) is 23.8 Å². The zero-order chi connectivity index (χ0) is 12.8. The van der Waals surface area contributed by atoms with E-state index in [1.807, 2.05) is 13.0 Å². The Kier molecular flexibility index (Phi) is 5.08. The van der Waals surface area contributed by atoms with Crippen LogP contribution in [0.15, 0.2) is 12.3 Å². The third kappa shape index (κ3) is 3.27. The molecule has 0 amide bonds. The Hall–Kier alpha value is -1.00. The first-order chi connectivity index (χ1) is 8.85. The van der Waals surface area contributed by atoms with Gasteiger partial charge in [0.15, 0.2) is 5.82 Å². The van der Waals surface area contributed by atoms with Gasteiger partial charge in [0.1, 0.15) is 6.10 Å². The van der Waals surface area contributed by atoms with Gasteiger partial charge in [0.25, 0.3) is 0 Å². The molecule has 0 aromatic carbocycles. The van der Waals surface area contributed by atoms with Gasteiger partial charge in [0, 0.05) is 19.3 Å². The van der Waals surface area contributed by atoms with Crippen LogP contribution in [-0.2, 0) is 11.3 Å². The van der Waals surface area contributed by atoms with Gasteiger partial charge in [-0.05, 0) is 31.7 Å². The molecule has 1 aliphatic rings. The Balaban J connectivity index is 2.16. The lowest BCUT2D eigenvalue weighted by atomic mass is 9.85. The summed E-state index contributed by atoms with van der Waals surface area (Å²) in [5.74, 6) is 1.37. The Morgan fingerprint density at radius 1 is 1.39 bits per heavy atom. The van der Waals surface area contributed by atoms with Gasteiger partial charge in [-0.25, -0.2) is 9.97 Å². The average molecular weight is 249 g/mol. The Labute approximate surface area is 109 Å². The predicted molar refractivity (Wildman–Crippen MR) is 70.9 cm³/mol. The number of hydrogen-bond donors (Lipinski definition) is 1. The molecule has 1 fully saturated rings. The van der Waals surface area contributed by atoms with Crippen molar-refractivity contribution in [1.82, 2.24) is 9.97 Å². The van der Waals surface area contributed by atoms with E-state index in [-0.39, 0.29) is 6.10 Å². The van der Waals surface area contributed by atoms with Crippen LogP contribution in [0.5, 0.6) is 0 Å². The fraction of sp³-hybridized carbons (Fsp3) is 0.714. The highest BCUT2D eigenvalue weighted by Gasteiger charge is 2.27. The van der Waals surface area contributed by atoms with E-state index in [0.717, 1.165) is 11.5 Å². The maximum atomic E-state index is 5.90. The largest absolute Gasteiger partial charge is 0.370 e. The Bertz CT molecular complexity index is 364. The number of nitrogens with two attached hydrogens (primary N) is 1. The first kappa shape index (κ1) is 13.4. The third-order valence-corrected chi connectivity index (χ3v) is 3.62. The van der Waals surface area contributed by atoms with Crippen molar-refractivity contribution in [2.24, 2.45) is 11.7 Å². The smallest absolute Gasteiger partial charge is 0.157 e. The molecule has 0 bridgehead atoms. The number of aromatic nitrogens is 2. The first-order valence-electron chi connectivity index (χ1n) is 6.98. The average Bonchev–Trinajstić information content (AvgIpc) is 2.46. The summed E-state index contributed by atoms with van der Waals surface area (Å²) in [6.07, 6.45) is 8.22. The number of nitrogens with zero attached hydrogens (tertiary/aromatic N) is 2. The van der Waals surface area contributed by atoms with Crippen LogP contribution in [0.3, 0.4) is 0 Å². The van der Waals surface area contributed by atoms with Crippen LogP contribution in [-0.4, -0.2) is 16.6 Å². The van der Waals surface area contributed by atoms with Crippen LogP contribution >= 0.6 is 0 Å². The number of hydrogen-bond acceptors (Lipinski definition) is 4. The molecule has 1 aliphatic carbocycles. The topological polar surface area (TPSA) is 61.0 Å². The summed E-state index contributed by atoms with van der Waals surface area (Å²) in [5, 5.41) is 0. The fourth-order valence-corrected chi connectivity index (χ4v) is 2.70. The monoisotopic (exact) mass is 249 g/mol. The molecule has 1 aromatic heterocycles. The van der Waals surface area contributed by atoms with Gasteiger partial charge in [-0.2, -0.15) is 0 Å². The first-order valence-corrected chi connectivity index (χ1v) is 6.98. The summed E-state index contributed by atoms with van der Waals surface area (Å²) < 4.78 is 5.90. The SMILES string of the molecule is CCOC(c1nccc(CN)n1)C1CCCCC1. The third-order valence-electron chi connectivity index (χ3n) is 3.62. The molecule has 1 heterocycles. The standard InChI is InChI=1S/C14H23N3O/c1-2-18-13(11-6-4-3-5-7-11)14-16-9-8-12(10-15)17-14/h8-9,11,13H,2-7,10,15H2,1H3. The van der Waals surface area contributed by atoms with Gasteiger partial charge in [0.05, 0.1) is 5.69 Å². The van der Waals surface area contributed by atoms with E-state index < -0.39 is 0 Å². The second-order valence-electron chi connectivity index (χ2n) is 4.88. The second-order valence-corrected chi connectivity index (χ2v) is 4.88. The van der Waals surface area contributed by atoms with Crippen LogP contribution in [0.1, 0.15) is 56.7 Å². The van der Waals surface area contributed by atoms with Crippen LogP contribution in [0.4, 0.5) is 0 Å². The molecule has 1 unspecified atom stereocenters. The van der Waals surface area contributed by atoms with E-state index in [0.29, 0.717) is 19.1 Å². The fourth-order valence-electron chi connectivity index (χ4n) is 2.70. The Morgan fingerprint density at radius 2 is 2.17 bits per heavy atom. The van der Waals surface area contributed by atoms with Crippen LogP contribution < -0.4 is 5.73 Å². The van der Waals surface area contributed by atoms with E-state index in [1.54, 1.807) is 6.20 Å². The predicted octanol–water partition coefficient (Wildman–Crippen LogP) is 2.59. The van der Waals surface area contributed by atoms with Crippen molar-refractivity contribution in [1.29, 1.82) is 0 Å². The molecule has 2 rings (SSSR count). The second kappa shape index (κ2) is 6.81. The van der Waals surface area contributed by atoms with Crippen molar-refractivity contribution in [2.45, 2.75) is 51.7 Å². The van der Waals surface area contributed by atoms with Crippen LogP contribution in [0.2, 0.25) is 0 Å². The molecular formula is C14H23N3O. The summed E-state index contributed by atoms with van der Waals surface area (Å²) in [5.41, 5.74) is 6.53. The molecule has 0 spiro atoms. The minimum absolute atomic E-state index is 0.0433. The highest BCUT2D eigenvalue weighted by Crippen LogP contribution is 2.35. The van der Waals surface area contributed by atoms with Crippen LogP contribution in [0, 0.1) is 5.92 Å². The Morgan fingerprint density at radius 3 is 2.83 bits per heavy atom.